The molecule has 35 heavy (non-hydrogen) atoms. The number of imidazole rings is 1. The quantitative estimate of drug-likeness (QED) is 0.390. The molecule has 0 saturated heterocycles. The molecule has 1 heterocycles. The maximum Gasteiger partial charge on any atom is 0.251 e. The number of carbonyl (C=O) groups excluding carboxylic acids is 2. The smallest absolute Gasteiger partial charge is 0.251 e. The molecule has 3 aromatic rings. The first-order valence-electron chi connectivity index (χ1n) is 13.4. The molecule has 0 bridgehead atoms. The van der Waals surface area contributed by atoms with Crippen LogP contribution >= 0.6 is 0 Å². The van der Waals surface area contributed by atoms with Crippen LogP contribution in [0.3, 0.4) is 0 Å². The highest BCUT2D eigenvalue weighted by Gasteiger charge is 2.18. The molecule has 5 rings (SSSR count). The molecular formula is C29H36N4O2. The maximum absolute atomic E-state index is 12.8. The minimum Gasteiger partial charge on any atom is -0.349 e. The van der Waals surface area contributed by atoms with E-state index in [0.717, 1.165) is 48.1 Å². The van der Waals surface area contributed by atoms with E-state index in [0.29, 0.717) is 11.1 Å². The van der Waals surface area contributed by atoms with Crippen molar-refractivity contribution in [1.29, 1.82) is 0 Å². The standard InChI is InChI=1S/C29H36N4O2/c34-28(30-23-9-5-1-2-6-10-23)21-15-13-20(14-16-21)27-32-25-18-17-22(19-26(25)33-27)29(35)31-24-11-7-3-4-8-12-24/h13-19,23-24H,1-12H2,(H,30,34)(H,31,35)(H,32,33). The molecule has 0 radical (unpaired) electrons. The Morgan fingerprint density at radius 1 is 0.686 bits per heavy atom. The second-order valence-corrected chi connectivity index (χ2v) is 10.2. The molecule has 3 N–H and O–H groups in total. The lowest BCUT2D eigenvalue weighted by molar-refractivity contribution is 0.0925. The van der Waals surface area contributed by atoms with Gasteiger partial charge >= 0.3 is 0 Å². The molecule has 2 aromatic carbocycles. The summed E-state index contributed by atoms with van der Waals surface area (Å²) >= 11 is 0. The number of hydrogen-bond donors (Lipinski definition) is 3. The average Bonchev–Trinajstić information content (AvgIpc) is 3.01. The molecule has 2 aliphatic carbocycles. The average molecular weight is 473 g/mol. The van der Waals surface area contributed by atoms with E-state index in [4.69, 9.17) is 4.98 Å². The van der Waals surface area contributed by atoms with Gasteiger partial charge in [-0.2, -0.15) is 0 Å². The Morgan fingerprint density at radius 3 is 1.77 bits per heavy atom. The fourth-order valence-corrected chi connectivity index (χ4v) is 5.45. The lowest BCUT2D eigenvalue weighted by Gasteiger charge is -2.16. The summed E-state index contributed by atoms with van der Waals surface area (Å²) in [5.41, 5.74) is 3.89. The normalized spacial score (nSPS) is 18.1. The highest BCUT2D eigenvalue weighted by atomic mass is 16.2. The lowest BCUT2D eigenvalue weighted by Crippen LogP contribution is -2.34. The Morgan fingerprint density at radius 2 is 1.20 bits per heavy atom. The minimum absolute atomic E-state index is 0.00243. The Kier molecular flexibility index (Phi) is 7.45. The van der Waals surface area contributed by atoms with Crippen LogP contribution < -0.4 is 10.6 Å². The van der Waals surface area contributed by atoms with Crippen molar-refractivity contribution in [2.75, 3.05) is 0 Å². The monoisotopic (exact) mass is 472 g/mol. The zero-order valence-electron chi connectivity index (χ0n) is 20.4. The Labute approximate surface area is 207 Å². The van der Waals surface area contributed by atoms with E-state index >= 15 is 0 Å². The van der Waals surface area contributed by atoms with E-state index in [1.807, 2.05) is 42.5 Å². The molecule has 2 saturated carbocycles. The fraction of sp³-hybridized carbons (Fsp3) is 0.483. The highest BCUT2D eigenvalue weighted by molar-refractivity contribution is 5.98. The number of fused-ring (bicyclic) bond motifs is 1. The summed E-state index contributed by atoms with van der Waals surface area (Å²) in [6.07, 6.45) is 14.1. The SMILES string of the molecule is O=C(NC1CCCCCC1)c1ccc(-c2nc3cc(C(=O)NC4CCCCCC4)ccc3[nH]2)cc1. The molecule has 2 fully saturated rings. The minimum atomic E-state index is -0.0209. The van der Waals surface area contributed by atoms with Crippen LogP contribution in [0.5, 0.6) is 0 Å². The number of amides is 2. The van der Waals surface area contributed by atoms with Gasteiger partial charge in [0.2, 0.25) is 0 Å². The van der Waals surface area contributed by atoms with Gasteiger partial charge in [0.05, 0.1) is 11.0 Å². The van der Waals surface area contributed by atoms with Gasteiger partial charge in [0.15, 0.2) is 0 Å². The third-order valence-corrected chi connectivity index (χ3v) is 7.55. The van der Waals surface area contributed by atoms with Crippen molar-refractivity contribution in [1.82, 2.24) is 20.6 Å². The van der Waals surface area contributed by atoms with Crippen LogP contribution in [0.2, 0.25) is 0 Å². The second-order valence-electron chi connectivity index (χ2n) is 10.2. The van der Waals surface area contributed by atoms with Crippen LogP contribution in [0.1, 0.15) is 97.8 Å². The van der Waals surface area contributed by atoms with Crippen molar-refractivity contribution in [2.45, 2.75) is 89.1 Å². The first-order chi connectivity index (χ1) is 17.2. The summed E-state index contributed by atoms with van der Waals surface area (Å²) in [7, 11) is 0. The van der Waals surface area contributed by atoms with Crippen molar-refractivity contribution < 1.29 is 9.59 Å². The van der Waals surface area contributed by atoms with Crippen LogP contribution in [-0.4, -0.2) is 33.9 Å². The Bertz CT molecular complexity index is 1150. The van der Waals surface area contributed by atoms with Crippen molar-refractivity contribution in [3.8, 4) is 11.4 Å². The highest BCUT2D eigenvalue weighted by Crippen LogP contribution is 2.23. The number of benzene rings is 2. The van der Waals surface area contributed by atoms with E-state index in [1.54, 1.807) is 0 Å². The summed E-state index contributed by atoms with van der Waals surface area (Å²) in [6, 6.07) is 13.8. The van der Waals surface area contributed by atoms with Gasteiger partial charge in [-0.1, -0.05) is 63.5 Å². The molecule has 0 aliphatic heterocycles. The van der Waals surface area contributed by atoms with Crippen LogP contribution in [0.4, 0.5) is 0 Å². The molecule has 184 valence electrons. The van der Waals surface area contributed by atoms with Gasteiger partial charge in [-0.25, -0.2) is 4.98 Å². The molecule has 2 amide bonds. The number of rotatable bonds is 5. The number of aromatic amines is 1. The number of aromatic nitrogens is 2. The van der Waals surface area contributed by atoms with Gasteiger partial charge in [-0.3, -0.25) is 9.59 Å². The molecule has 6 heteroatoms. The zero-order valence-corrected chi connectivity index (χ0v) is 20.4. The van der Waals surface area contributed by atoms with Crippen molar-refractivity contribution in [2.24, 2.45) is 0 Å². The van der Waals surface area contributed by atoms with Crippen LogP contribution in [-0.2, 0) is 0 Å². The Balaban J connectivity index is 1.25. The number of nitrogens with one attached hydrogen (secondary N) is 3. The van der Waals surface area contributed by atoms with Gasteiger partial charge in [-0.15, -0.1) is 0 Å². The van der Waals surface area contributed by atoms with Gasteiger partial charge in [-0.05, 0) is 56.0 Å². The molecule has 0 atom stereocenters. The summed E-state index contributed by atoms with van der Waals surface area (Å²) in [4.78, 5) is 33.6. The lowest BCUT2D eigenvalue weighted by atomic mass is 10.1. The summed E-state index contributed by atoms with van der Waals surface area (Å²) in [5, 5.41) is 6.42. The summed E-state index contributed by atoms with van der Waals surface area (Å²) in [6.45, 7) is 0. The predicted molar refractivity (Wildman–Crippen MR) is 139 cm³/mol. The van der Waals surface area contributed by atoms with Crippen molar-refractivity contribution in [3.63, 3.8) is 0 Å². The van der Waals surface area contributed by atoms with E-state index in [2.05, 4.69) is 15.6 Å². The summed E-state index contributed by atoms with van der Waals surface area (Å²) < 4.78 is 0. The zero-order chi connectivity index (χ0) is 24.0. The first kappa shape index (κ1) is 23.6. The molecule has 2 aliphatic rings. The van der Waals surface area contributed by atoms with E-state index in [9.17, 15) is 9.59 Å². The number of carbonyl (C=O) groups is 2. The van der Waals surface area contributed by atoms with Gasteiger partial charge in [0.1, 0.15) is 5.82 Å². The summed E-state index contributed by atoms with van der Waals surface area (Å²) in [5.74, 6) is 0.710. The third-order valence-electron chi connectivity index (χ3n) is 7.55. The second kappa shape index (κ2) is 11.1. The fourth-order valence-electron chi connectivity index (χ4n) is 5.45. The van der Waals surface area contributed by atoms with Crippen LogP contribution in [0.25, 0.3) is 22.4 Å². The number of nitrogens with zero attached hydrogens (tertiary/aromatic N) is 1. The molecular weight excluding hydrogens is 436 g/mol. The van der Waals surface area contributed by atoms with Crippen molar-refractivity contribution >= 4 is 22.8 Å². The number of H-pyrrole nitrogens is 1. The van der Waals surface area contributed by atoms with E-state index < -0.39 is 0 Å². The first-order valence-corrected chi connectivity index (χ1v) is 13.4. The molecule has 6 nitrogen and oxygen atoms in total. The van der Waals surface area contributed by atoms with Crippen LogP contribution in [0.15, 0.2) is 42.5 Å². The van der Waals surface area contributed by atoms with Crippen LogP contribution in [0, 0.1) is 0 Å². The predicted octanol–water partition coefficient (Wildman–Crippen LogP) is 6.14. The third kappa shape index (κ3) is 5.92. The largest absolute Gasteiger partial charge is 0.349 e. The van der Waals surface area contributed by atoms with Crippen molar-refractivity contribution in [3.05, 3.63) is 53.6 Å². The van der Waals surface area contributed by atoms with Gasteiger partial charge in [0, 0.05) is 28.8 Å². The van der Waals surface area contributed by atoms with Gasteiger partial charge < -0.3 is 15.6 Å². The van der Waals surface area contributed by atoms with E-state index in [-0.39, 0.29) is 23.9 Å². The Hall–Kier alpha value is -3.15. The van der Waals surface area contributed by atoms with Gasteiger partial charge in [0.25, 0.3) is 11.8 Å². The number of hydrogen-bond acceptors (Lipinski definition) is 3. The maximum atomic E-state index is 12.8. The molecule has 1 aromatic heterocycles. The van der Waals surface area contributed by atoms with E-state index in [1.165, 1.54) is 51.4 Å². The molecule has 0 unspecified atom stereocenters. The molecule has 0 spiro atoms. The topological polar surface area (TPSA) is 86.9 Å².